The Bertz CT molecular complexity index is 302. The minimum absolute atomic E-state index is 0.0280. The maximum atomic E-state index is 11.5. The van der Waals surface area contributed by atoms with Gasteiger partial charge in [-0.15, -0.1) is 0 Å². The summed E-state index contributed by atoms with van der Waals surface area (Å²) in [5.41, 5.74) is 0. The number of aliphatic carboxylic acids is 2. The van der Waals surface area contributed by atoms with Crippen LogP contribution in [0.4, 0.5) is 0 Å². The summed E-state index contributed by atoms with van der Waals surface area (Å²) in [5, 5.41) is 20.7. The van der Waals surface area contributed by atoms with Crippen LogP contribution in [0.5, 0.6) is 0 Å². The Hall–Kier alpha value is -1.67. The summed E-state index contributed by atoms with van der Waals surface area (Å²) in [6.07, 6.45) is 1.65. The number of rotatable bonds is 4. The standard InChI is InChI=1S/C9H18N2O2.C2H2O4/c1-7(6-10-2)11-9(12)8-4-3-5-13-8;3-1(4)2(5)6/h7-8,10H,3-6H2,1-2H3,(H,11,12);(H,3,4)(H,5,6). The van der Waals surface area contributed by atoms with E-state index in [1.54, 1.807) is 0 Å². The van der Waals surface area contributed by atoms with Crippen LogP contribution in [0.2, 0.25) is 0 Å². The molecule has 2 unspecified atom stereocenters. The Morgan fingerprint density at radius 2 is 1.89 bits per heavy atom. The van der Waals surface area contributed by atoms with Crippen LogP contribution >= 0.6 is 0 Å². The molecule has 0 aromatic carbocycles. The number of likely N-dealkylation sites (N-methyl/N-ethyl adjacent to an activating group) is 1. The topological polar surface area (TPSA) is 125 Å². The van der Waals surface area contributed by atoms with Crippen LogP contribution in [0.15, 0.2) is 0 Å². The molecule has 1 saturated heterocycles. The second-order valence-corrected chi connectivity index (χ2v) is 4.08. The van der Waals surface area contributed by atoms with E-state index in [0.29, 0.717) is 0 Å². The van der Waals surface area contributed by atoms with Crippen molar-refractivity contribution in [2.75, 3.05) is 20.2 Å². The molecule has 1 amide bonds. The number of carboxylic acid groups (broad SMARTS) is 2. The van der Waals surface area contributed by atoms with Crippen LogP contribution in [0.25, 0.3) is 0 Å². The van der Waals surface area contributed by atoms with E-state index < -0.39 is 11.9 Å². The number of carbonyl (C=O) groups excluding carboxylic acids is 1. The van der Waals surface area contributed by atoms with Gasteiger partial charge in [-0.2, -0.15) is 0 Å². The predicted molar refractivity (Wildman–Crippen MR) is 65.8 cm³/mol. The molecule has 1 rings (SSSR count). The van der Waals surface area contributed by atoms with E-state index >= 15 is 0 Å². The van der Waals surface area contributed by atoms with Gasteiger partial charge in [-0.25, -0.2) is 9.59 Å². The van der Waals surface area contributed by atoms with Crippen molar-refractivity contribution in [1.29, 1.82) is 0 Å². The molecule has 2 atom stereocenters. The molecule has 8 nitrogen and oxygen atoms in total. The van der Waals surface area contributed by atoms with Crippen LogP contribution in [0.3, 0.4) is 0 Å². The average Bonchev–Trinajstić information content (AvgIpc) is 2.83. The fourth-order valence-corrected chi connectivity index (χ4v) is 1.48. The molecule has 1 aliphatic heterocycles. The van der Waals surface area contributed by atoms with Crippen molar-refractivity contribution in [3.63, 3.8) is 0 Å². The van der Waals surface area contributed by atoms with E-state index in [2.05, 4.69) is 10.6 Å². The van der Waals surface area contributed by atoms with Crippen molar-refractivity contribution in [2.24, 2.45) is 0 Å². The SMILES string of the molecule is CNCC(C)NC(=O)C1CCCO1.O=C(O)C(=O)O. The minimum atomic E-state index is -1.82. The lowest BCUT2D eigenvalue weighted by atomic mass is 10.2. The number of carboxylic acids is 2. The van der Waals surface area contributed by atoms with Crippen molar-refractivity contribution in [3.05, 3.63) is 0 Å². The summed E-state index contributed by atoms with van der Waals surface area (Å²) in [4.78, 5) is 29.7. The molecule has 8 heteroatoms. The van der Waals surface area contributed by atoms with Gasteiger partial charge in [0.05, 0.1) is 0 Å². The Labute approximate surface area is 111 Å². The van der Waals surface area contributed by atoms with Crippen molar-refractivity contribution in [2.45, 2.75) is 31.9 Å². The minimum Gasteiger partial charge on any atom is -0.473 e. The van der Waals surface area contributed by atoms with E-state index in [9.17, 15) is 4.79 Å². The molecular weight excluding hydrogens is 256 g/mol. The number of hydrogen-bond donors (Lipinski definition) is 4. The second kappa shape index (κ2) is 9.29. The van der Waals surface area contributed by atoms with Gasteiger partial charge in [-0.1, -0.05) is 0 Å². The van der Waals surface area contributed by atoms with Crippen LogP contribution in [0, 0.1) is 0 Å². The normalized spacial score (nSPS) is 18.9. The maximum absolute atomic E-state index is 11.5. The first-order chi connectivity index (χ1) is 8.88. The van der Waals surface area contributed by atoms with Gasteiger partial charge in [0.15, 0.2) is 0 Å². The molecule has 0 aromatic rings. The van der Waals surface area contributed by atoms with Crippen molar-refractivity contribution in [1.82, 2.24) is 10.6 Å². The van der Waals surface area contributed by atoms with Crippen LogP contribution in [-0.2, 0) is 19.1 Å². The molecule has 19 heavy (non-hydrogen) atoms. The van der Waals surface area contributed by atoms with E-state index in [0.717, 1.165) is 26.0 Å². The molecule has 1 aliphatic rings. The lowest BCUT2D eigenvalue weighted by molar-refractivity contribution is -0.159. The highest BCUT2D eigenvalue weighted by atomic mass is 16.5. The summed E-state index contributed by atoms with van der Waals surface area (Å²) < 4.78 is 5.26. The molecule has 4 N–H and O–H groups in total. The quantitative estimate of drug-likeness (QED) is 0.487. The fraction of sp³-hybridized carbons (Fsp3) is 0.727. The first-order valence-electron chi connectivity index (χ1n) is 5.91. The van der Waals surface area contributed by atoms with E-state index in [4.69, 9.17) is 24.5 Å². The summed E-state index contributed by atoms with van der Waals surface area (Å²) in [5.74, 6) is -3.62. The third kappa shape index (κ3) is 8.11. The Morgan fingerprint density at radius 3 is 2.26 bits per heavy atom. The maximum Gasteiger partial charge on any atom is 0.414 e. The van der Waals surface area contributed by atoms with Gasteiger partial charge >= 0.3 is 11.9 Å². The molecule has 0 aliphatic carbocycles. The number of carbonyl (C=O) groups is 3. The summed E-state index contributed by atoms with van der Waals surface area (Å²) in [6, 6.07) is 0.168. The van der Waals surface area contributed by atoms with Gasteiger partial charge in [-0.05, 0) is 26.8 Å². The smallest absolute Gasteiger partial charge is 0.414 e. The summed E-state index contributed by atoms with van der Waals surface area (Å²) >= 11 is 0. The molecule has 0 spiro atoms. The molecule has 110 valence electrons. The van der Waals surface area contributed by atoms with Gasteiger partial charge in [0.2, 0.25) is 5.91 Å². The van der Waals surface area contributed by atoms with Crippen molar-refractivity contribution in [3.8, 4) is 0 Å². The largest absolute Gasteiger partial charge is 0.473 e. The van der Waals surface area contributed by atoms with Gasteiger partial charge in [0.1, 0.15) is 6.10 Å². The zero-order valence-corrected chi connectivity index (χ0v) is 11.0. The summed E-state index contributed by atoms with van der Waals surface area (Å²) in [7, 11) is 1.87. The fourth-order valence-electron chi connectivity index (χ4n) is 1.48. The first-order valence-corrected chi connectivity index (χ1v) is 5.91. The molecule has 1 fully saturated rings. The molecule has 0 radical (unpaired) electrons. The van der Waals surface area contributed by atoms with Crippen LogP contribution in [0.1, 0.15) is 19.8 Å². The van der Waals surface area contributed by atoms with Crippen LogP contribution < -0.4 is 10.6 Å². The summed E-state index contributed by atoms with van der Waals surface area (Å²) in [6.45, 7) is 3.49. The number of ether oxygens (including phenoxy) is 1. The number of nitrogens with one attached hydrogen (secondary N) is 2. The predicted octanol–water partition coefficient (Wildman–Crippen LogP) is -0.955. The Morgan fingerprint density at radius 1 is 1.32 bits per heavy atom. The highest BCUT2D eigenvalue weighted by molar-refractivity contribution is 6.27. The monoisotopic (exact) mass is 276 g/mol. The first kappa shape index (κ1) is 17.3. The molecule has 0 bridgehead atoms. The zero-order chi connectivity index (χ0) is 14.8. The van der Waals surface area contributed by atoms with E-state index in [1.807, 2.05) is 14.0 Å². The van der Waals surface area contributed by atoms with E-state index in [1.165, 1.54) is 0 Å². The third-order valence-corrected chi connectivity index (χ3v) is 2.30. The molecule has 1 heterocycles. The molecule has 0 saturated carbocycles. The van der Waals surface area contributed by atoms with Crippen molar-refractivity contribution >= 4 is 17.8 Å². The molecule has 0 aromatic heterocycles. The van der Waals surface area contributed by atoms with Gasteiger partial charge in [0, 0.05) is 19.2 Å². The lowest BCUT2D eigenvalue weighted by Gasteiger charge is -2.16. The van der Waals surface area contributed by atoms with E-state index in [-0.39, 0.29) is 18.1 Å². The highest BCUT2D eigenvalue weighted by Crippen LogP contribution is 2.11. The zero-order valence-electron chi connectivity index (χ0n) is 11.0. The Kier molecular flexibility index (Phi) is 8.47. The van der Waals surface area contributed by atoms with Crippen molar-refractivity contribution < 1.29 is 29.3 Å². The number of hydrogen-bond acceptors (Lipinski definition) is 5. The molecular formula is C11H20N2O6. The Balaban J connectivity index is 0.000000459. The average molecular weight is 276 g/mol. The van der Waals surface area contributed by atoms with Gasteiger partial charge in [0.25, 0.3) is 0 Å². The second-order valence-electron chi connectivity index (χ2n) is 4.08. The lowest BCUT2D eigenvalue weighted by Crippen LogP contribution is -2.43. The van der Waals surface area contributed by atoms with Gasteiger partial charge < -0.3 is 25.6 Å². The van der Waals surface area contributed by atoms with Gasteiger partial charge in [-0.3, -0.25) is 4.79 Å². The highest BCUT2D eigenvalue weighted by Gasteiger charge is 2.24. The third-order valence-electron chi connectivity index (χ3n) is 2.30. The van der Waals surface area contributed by atoms with Crippen LogP contribution in [-0.4, -0.2) is 60.4 Å². The number of amides is 1.